The zero-order chi connectivity index (χ0) is 19.2. The van der Waals surface area contributed by atoms with Gasteiger partial charge in [-0.3, -0.25) is 4.79 Å². The lowest BCUT2D eigenvalue weighted by atomic mass is 9.75. The van der Waals surface area contributed by atoms with Crippen LogP contribution >= 0.6 is 0 Å². The summed E-state index contributed by atoms with van der Waals surface area (Å²) in [7, 11) is -1.93. The summed E-state index contributed by atoms with van der Waals surface area (Å²) < 4.78 is 41.5. The van der Waals surface area contributed by atoms with Gasteiger partial charge in [-0.25, -0.2) is 17.1 Å². The van der Waals surface area contributed by atoms with E-state index in [2.05, 4.69) is 12.1 Å². The number of rotatable bonds is 4. The van der Waals surface area contributed by atoms with Crippen LogP contribution in [0.4, 0.5) is 4.39 Å². The highest BCUT2D eigenvalue weighted by Gasteiger charge is 2.54. The number of sulfonamides is 1. The fourth-order valence-electron chi connectivity index (χ4n) is 4.63. The van der Waals surface area contributed by atoms with E-state index in [1.165, 1.54) is 16.5 Å². The van der Waals surface area contributed by atoms with Crippen molar-refractivity contribution in [1.29, 1.82) is 0 Å². The molecule has 4 rings (SSSR count). The number of likely N-dealkylation sites (N-methyl/N-ethyl adjacent to an activating group) is 1. The highest BCUT2D eigenvalue weighted by Crippen LogP contribution is 2.43. The van der Waals surface area contributed by atoms with Crippen molar-refractivity contribution in [3.8, 4) is 0 Å². The fourth-order valence-corrected chi connectivity index (χ4v) is 6.83. The fraction of sp³-hybridized carbons (Fsp3) is 0.550. The molecule has 1 saturated carbocycles. The first kappa shape index (κ1) is 18.6. The number of fused-ring (bicyclic) bond motifs is 1. The lowest BCUT2D eigenvalue weighted by molar-refractivity contribution is -0.133. The van der Waals surface area contributed by atoms with Gasteiger partial charge in [-0.15, -0.1) is 0 Å². The highest BCUT2D eigenvalue weighted by molar-refractivity contribution is 7.89. The maximum atomic E-state index is 13.8. The first-order valence-corrected chi connectivity index (χ1v) is 11.1. The van der Waals surface area contributed by atoms with Gasteiger partial charge in [-0.05, 0) is 43.2 Å². The Morgan fingerprint density at radius 2 is 1.81 bits per heavy atom. The second-order valence-electron chi connectivity index (χ2n) is 7.93. The summed E-state index contributed by atoms with van der Waals surface area (Å²) in [6.07, 6.45) is 4.28. The smallest absolute Gasteiger partial charge is 0.282 e. The predicted octanol–water partition coefficient (Wildman–Crippen LogP) is 2.35. The molecule has 0 unspecified atom stereocenters. The standard InChI is InChI=1S/C20H25FN2O3S/c1-22-18-13-19(16(18)12-17(21)20(22)24)27(25,26)23-9-7-15(8-10-23)11-14-5-3-2-4-6-14/h2-6,12,15-16,18-19H,7-11,13H2,1H3/t16-,18-,19-/m1/s1. The van der Waals surface area contributed by atoms with Gasteiger partial charge in [0.25, 0.3) is 5.91 Å². The highest BCUT2D eigenvalue weighted by atomic mass is 32.2. The van der Waals surface area contributed by atoms with E-state index in [-0.39, 0.29) is 6.04 Å². The molecule has 0 radical (unpaired) electrons. The van der Waals surface area contributed by atoms with Crippen molar-refractivity contribution in [1.82, 2.24) is 9.21 Å². The van der Waals surface area contributed by atoms with Gasteiger partial charge in [-0.2, -0.15) is 0 Å². The van der Waals surface area contributed by atoms with E-state index in [4.69, 9.17) is 0 Å². The summed E-state index contributed by atoms with van der Waals surface area (Å²) in [4.78, 5) is 13.0. The van der Waals surface area contributed by atoms with Gasteiger partial charge in [0.1, 0.15) is 0 Å². The first-order valence-electron chi connectivity index (χ1n) is 9.55. The number of amides is 1. The van der Waals surface area contributed by atoms with E-state index in [0.717, 1.165) is 19.3 Å². The van der Waals surface area contributed by atoms with Crippen LogP contribution in [0.15, 0.2) is 42.2 Å². The van der Waals surface area contributed by atoms with Crippen molar-refractivity contribution in [2.24, 2.45) is 11.8 Å². The maximum Gasteiger partial charge on any atom is 0.282 e. The molecule has 146 valence electrons. The number of carbonyl (C=O) groups excluding carboxylic acids is 1. The third kappa shape index (κ3) is 3.31. The number of hydrogen-bond donors (Lipinski definition) is 0. The second-order valence-corrected chi connectivity index (χ2v) is 10.1. The minimum atomic E-state index is -3.47. The Morgan fingerprint density at radius 3 is 2.48 bits per heavy atom. The van der Waals surface area contributed by atoms with Gasteiger partial charge < -0.3 is 4.90 Å². The molecule has 3 atom stereocenters. The number of halogens is 1. The Labute approximate surface area is 159 Å². The Kier molecular flexibility index (Phi) is 4.84. The topological polar surface area (TPSA) is 57.7 Å². The van der Waals surface area contributed by atoms with Crippen molar-refractivity contribution < 1.29 is 17.6 Å². The van der Waals surface area contributed by atoms with Gasteiger partial charge in [0.15, 0.2) is 5.83 Å². The lowest BCUT2D eigenvalue weighted by Gasteiger charge is -2.50. The summed E-state index contributed by atoms with van der Waals surface area (Å²) in [6, 6.07) is 10.1. The van der Waals surface area contributed by atoms with Crippen molar-refractivity contribution in [2.75, 3.05) is 20.1 Å². The zero-order valence-corrected chi connectivity index (χ0v) is 16.2. The minimum Gasteiger partial charge on any atom is -0.336 e. The quantitative estimate of drug-likeness (QED) is 0.790. The van der Waals surface area contributed by atoms with Crippen molar-refractivity contribution in [3.63, 3.8) is 0 Å². The average molecular weight is 392 g/mol. The van der Waals surface area contributed by atoms with Crippen LogP contribution in [0.1, 0.15) is 24.8 Å². The van der Waals surface area contributed by atoms with Gasteiger partial charge in [0, 0.05) is 32.1 Å². The minimum absolute atomic E-state index is 0.201. The largest absolute Gasteiger partial charge is 0.336 e. The van der Waals surface area contributed by atoms with Crippen molar-refractivity contribution in [2.45, 2.75) is 37.0 Å². The lowest BCUT2D eigenvalue weighted by Crippen LogP contribution is -2.62. The third-order valence-electron chi connectivity index (χ3n) is 6.39. The molecule has 5 nitrogen and oxygen atoms in total. The van der Waals surface area contributed by atoms with Crippen LogP contribution < -0.4 is 0 Å². The molecule has 2 heterocycles. The van der Waals surface area contributed by atoms with E-state index in [0.29, 0.717) is 25.4 Å². The number of piperidine rings is 1. The van der Waals surface area contributed by atoms with Crippen LogP contribution in [-0.4, -0.2) is 55.0 Å². The number of hydrogen-bond acceptors (Lipinski definition) is 3. The molecule has 0 bridgehead atoms. The Hall–Kier alpha value is -1.73. The second kappa shape index (κ2) is 7.02. The molecule has 2 aliphatic heterocycles. The number of nitrogens with zero attached hydrogens (tertiary/aromatic N) is 2. The molecule has 1 saturated heterocycles. The van der Waals surface area contributed by atoms with Crippen LogP contribution in [0.2, 0.25) is 0 Å². The molecule has 0 spiro atoms. The van der Waals surface area contributed by atoms with Gasteiger partial charge in [-0.1, -0.05) is 30.3 Å². The van der Waals surface area contributed by atoms with E-state index >= 15 is 0 Å². The summed E-state index contributed by atoms with van der Waals surface area (Å²) in [6.45, 7) is 1.05. The molecule has 1 aliphatic carbocycles. The van der Waals surface area contributed by atoms with E-state index < -0.39 is 32.9 Å². The van der Waals surface area contributed by atoms with E-state index in [9.17, 15) is 17.6 Å². The third-order valence-corrected chi connectivity index (χ3v) is 8.75. The van der Waals surface area contributed by atoms with Gasteiger partial charge in [0.05, 0.1) is 5.25 Å². The normalized spacial score (nSPS) is 29.9. The van der Waals surface area contributed by atoms with Crippen LogP contribution in [0.25, 0.3) is 0 Å². The Morgan fingerprint density at radius 1 is 1.15 bits per heavy atom. The summed E-state index contributed by atoms with van der Waals surface area (Å²) >= 11 is 0. The van der Waals surface area contributed by atoms with Crippen molar-refractivity contribution in [3.05, 3.63) is 47.8 Å². The monoisotopic (exact) mass is 392 g/mol. The summed E-state index contributed by atoms with van der Waals surface area (Å²) in [5.74, 6) is -1.42. The van der Waals surface area contributed by atoms with Crippen LogP contribution in [0.5, 0.6) is 0 Å². The molecule has 2 fully saturated rings. The van der Waals surface area contributed by atoms with Crippen LogP contribution in [0.3, 0.4) is 0 Å². The molecule has 1 aromatic rings. The maximum absolute atomic E-state index is 13.8. The van der Waals surface area contributed by atoms with Gasteiger partial charge in [0.2, 0.25) is 10.0 Å². The first-order chi connectivity index (χ1) is 12.9. The summed E-state index contributed by atoms with van der Waals surface area (Å²) in [5.41, 5.74) is 1.29. The zero-order valence-electron chi connectivity index (χ0n) is 15.4. The number of benzene rings is 1. The molecule has 7 heteroatoms. The molecule has 0 N–H and O–H groups in total. The number of carbonyl (C=O) groups is 1. The molecule has 1 amide bonds. The average Bonchev–Trinajstić information content (AvgIpc) is 2.64. The van der Waals surface area contributed by atoms with E-state index in [1.54, 1.807) is 11.4 Å². The SMILES string of the molecule is CN1C(=O)C(F)=C[C@@H]2[C@H]1C[C@H]2S(=O)(=O)N1CCC(Cc2ccccc2)CC1. The molecule has 3 aliphatic rings. The predicted molar refractivity (Wildman–Crippen MR) is 101 cm³/mol. The molecule has 27 heavy (non-hydrogen) atoms. The molecular weight excluding hydrogens is 367 g/mol. The van der Waals surface area contributed by atoms with Crippen molar-refractivity contribution >= 4 is 15.9 Å². The van der Waals surface area contributed by atoms with Crippen LogP contribution in [-0.2, 0) is 21.2 Å². The summed E-state index contributed by atoms with van der Waals surface area (Å²) in [5, 5.41) is -0.616. The molecular formula is C20H25FN2O3S. The molecule has 0 aromatic heterocycles. The Balaban J connectivity index is 1.39. The Bertz CT molecular complexity index is 847. The van der Waals surface area contributed by atoms with Crippen LogP contribution in [0, 0.1) is 11.8 Å². The van der Waals surface area contributed by atoms with Gasteiger partial charge >= 0.3 is 0 Å². The molecule has 1 aromatic carbocycles. The van der Waals surface area contributed by atoms with E-state index in [1.807, 2.05) is 18.2 Å².